The van der Waals surface area contributed by atoms with Crippen LogP contribution in [0, 0.1) is 12.8 Å². The first-order chi connectivity index (χ1) is 11.5. The molecule has 1 amide bonds. The van der Waals surface area contributed by atoms with Gasteiger partial charge in [-0.2, -0.15) is 4.37 Å². The van der Waals surface area contributed by atoms with Crippen LogP contribution in [0.1, 0.15) is 28.5 Å². The Morgan fingerprint density at radius 2 is 2.04 bits per heavy atom. The van der Waals surface area contributed by atoms with Crippen molar-refractivity contribution in [3.05, 3.63) is 46.5 Å². The number of aromatic nitrogens is 1. The number of rotatable bonds is 8. The summed E-state index contributed by atoms with van der Waals surface area (Å²) in [6.07, 6.45) is 0.336. The predicted octanol–water partition coefficient (Wildman–Crippen LogP) is 2.52. The molecule has 0 aliphatic heterocycles. The van der Waals surface area contributed by atoms with Gasteiger partial charge in [0.15, 0.2) is 0 Å². The maximum atomic E-state index is 12.1. The van der Waals surface area contributed by atoms with Gasteiger partial charge in [0.1, 0.15) is 5.75 Å². The molecule has 0 saturated heterocycles. The SMILES string of the molecule is CCOc1ccc(CC(CNC(=O)c2csnc2C)C(=O)O)cc1. The molecule has 2 N–H and O–H groups in total. The number of hydrogen-bond donors (Lipinski definition) is 2. The lowest BCUT2D eigenvalue weighted by molar-refractivity contribution is -0.141. The van der Waals surface area contributed by atoms with E-state index in [1.807, 2.05) is 31.2 Å². The van der Waals surface area contributed by atoms with E-state index in [2.05, 4.69) is 9.69 Å². The number of carboxylic acids is 1. The van der Waals surface area contributed by atoms with E-state index < -0.39 is 11.9 Å². The summed E-state index contributed by atoms with van der Waals surface area (Å²) < 4.78 is 9.41. The second-order valence-electron chi connectivity index (χ2n) is 5.34. The summed E-state index contributed by atoms with van der Waals surface area (Å²) in [4.78, 5) is 23.5. The molecule has 6 nitrogen and oxygen atoms in total. The molecule has 1 aromatic heterocycles. The fourth-order valence-electron chi connectivity index (χ4n) is 2.24. The van der Waals surface area contributed by atoms with Crippen LogP contribution < -0.4 is 10.1 Å². The first-order valence-electron chi connectivity index (χ1n) is 7.65. The summed E-state index contributed by atoms with van der Waals surface area (Å²) in [5, 5.41) is 13.7. The zero-order valence-corrected chi connectivity index (χ0v) is 14.4. The molecule has 7 heteroatoms. The zero-order chi connectivity index (χ0) is 17.5. The maximum Gasteiger partial charge on any atom is 0.308 e. The van der Waals surface area contributed by atoms with Gasteiger partial charge in [-0.25, -0.2) is 0 Å². The second kappa shape index (κ2) is 8.44. The van der Waals surface area contributed by atoms with Crippen molar-refractivity contribution in [2.45, 2.75) is 20.3 Å². The monoisotopic (exact) mass is 348 g/mol. The van der Waals surface area contributed by atoms with E-state index in [1.165, 1.54) is 11.5 Å². The van der Waals surface area contributed by atoms with Gasteiger partial charge in [0.05, 0.1) is 23.8 Å². The number of nitrogens with one attached hydrogen (secondary N) is 1. The molecule has 2 aromatic rings. The van der Waals surface area contributed by atoms with Crippen molar-refractivity contribution in [2.24, 2.45) is 5.92 Å². The lowest BCUT2D eigenvalue weighted by atomic mass is 9.99. The number of ether oxygens (including phenoxy) is 1. The molecule has 24 heavy (non-hydrogen) atoms. The van der Waals surface area contributed by atoms with Gasteiger partial charge in [-0.15, -0.1) is 0 Å². The average molecular weight is 348 g/mol. The van der Waals surface area contributed by atoms with Crippen LogP contribution in [-0.4, -0.2) is 34.5 Å². The van der Waals surface area contributed by atoms with Crippen LogP contribution in [0.25, 0.3) is 0 Å². The molecule has 1 atom stereocenters. The van der Waals surface area contributed by atoms with Crippen LogP contribution in [0.3, 0.4) is 0 Å². The van der Waals surface area contributed by atoms with E-state index in [0.29, 0.717) is 24.3 Å². The second-order valence-corrected chi connectivity index (χ2v) is 5.97. The number of carboxylic acid groups (broad SMARTS) is 1. The number of carbonyl (C=O) groups excluding carboxylic acids is 1. The third-order valence-electron chi connectivity index (χ3n) is 3.57. The molecule has 0 fully saturated rings. The van der Waals surface area contributed by atoms with Crippen molar-refractivity contribution in [1.29, 1.82) is 0 Å². The van der Waals surface area contributed by atoms with Gasteiger partial charge in [0.2, 0.25) is 0 Å². The van der Waals surface area contributed by atoms with Crippen molar-refractivity contribution in [3.8, 4) is 5.75 Å². The topological polar surface area (TPSA) is 88.5 Å². The molecule has 0 radical (unpaired) electrons. The van der Waals surface area contributed by atoms with Crippen molar-refractivity contribution < 1.29 is 19.4 Å². The quantitative estimate of drug-likeness (QED) is 0.765. The van der Waals surface area contributed by atoms with Gasteiger partial charge in [-0.05, 0) is 49.5 Å². The number of nitrogens with zero attached hydrogens (tertiary/aromatic N) is 1. The molecule has 1 aromatic carbocycles. The van der Waals surface area contributed by atoms with E-state index >= 15 is 0 Å². The van der Waals surface area contributed by atoms with E-state index in [0.717, 1.165) is 11.3 Å². The molecule has 0 spiro atoms. The number of amides is 1. The summed E-state index contributed by atoms with van der Waals surface area (Å²) in [6.45, 7) is 4.30. The van der Waals surface area contributed by atoms with E-state index in [4.69, 9.17) is 4.74 Å². The summed E-state index contributed by atoms with van der Waals surface area (Å²) in [5.74, 6) is -1.18. The fraction of sp³-hybridized carbons (Fsp3) is 0.353. The summed E-state index contributed by atoms with van der Waals surface area (Å²) >= 11 is 1.20. The number of carbonyl (C=O) groups is 2. The average Bonchev–Trinajstić information content (AvgIpc) is 2.99. The van der Waals surface area contributed by atoms with Crippen molar-refractivity contribution in [2.75, 3.05) is 13.2 Å². The van der Waals surface area contributed by atoms with E-state index in [9.17, 15) is 14.7 Å². The lowest BCUT2D eigenvalue weighted by Crippen LogP contribution is -2.34. The minimum Gasteiger partial charge on any atom is -0.494 e. The van der Waals surface area contributed by atoms with Crippen molar-refractivity contribution >= 4 is 23.4 Å². The van der Waals surface area contributed by atoms with Gasteiger partial charge < -0.3 is 15.2 Å². The van der Waals surface area contributed by atoms with Gasteiger partial charge in [0, 0.05) is 11.9 Å². The zero-order valence-electron chi connectivity index (χ0n) is 13.6. The Balaban J connectivity index is 1.95. The molecule has 0 saturated carbocycles. The molecule has 1 heterocycles. The third kappa shape index (κ3) is 4.79. The Labute approximate surface area is 144 Å². The highest BCUT2D eigenvalue weighted by molar-refractivity contribution is 7.03. The van der Waals surface area contributed by atoms with Gasteiger partial charge in [0.25, 0.3) is 5.91 Å². The van der Waals surface area contributed by atoms with Crippen LogP contribution in [0.4, 0.5) is 0 Å². The Bertz CT molecular complexity index is 697. The molecule has 0 aliphatic rings. The number of aryl methyl sites for hydroxylation is 1. The van der Waals surface area contributed by atoms with Gasteiger partial charge >= 0.3 is 5.97 Å². The highest BCUT2D eigenvalue weighted by Gasteiger charge is 2.20. The molecular formula is C17H20N2O4S. The highest BCUT2D eigenvalue weighted by atomic mass is 32.1. The third-order valence-corrected chi connectivity index (χ3v) is 4.29. The number of aliphatic carboxylic acids is 1. The molecule has 1 unspecified atom stereocenters. The first kappa shape index (κ1) is 17.9. The largest absolute Gasteiger partial charge is 0.494 e. The maximum absolute atomic E-state index is 12.1. The summed E-state index contributed by atoms with van der Waals surface area (Å²) in [5.41, 5.74) is 2.02. The van der Waals surface area contributed by atoms with Gasteiger partial charge in [-0.3, -0.25) is 9.59 Å². The van der Waals surface area contributed by atoms with Crippen LogP contribution in [0.15, 0.2) is 29.6 Å². The van der Waals surface area contributed by atoms with Crippen molar-refractivity contribution in [1.82, 2.24) is 9.69 Å². The van der Waals surface area contributed by atoms with Crippen molar-refractivity contribution in [3.63, 3.8) is 0 Å². The normalized spacial score (nSPS) is 11.8. The molecule has 2 rings (SSSR count). The molecular weight excluding hydrogens is 328 g/mol. The predicted molar refractivity (Wildman–Crippen MR) is 91.6 cm³/mol. The Morgan fingerprint density at radius 1 is 1.33 bits per heavy atom. The first-order valence-corrected chi connectivity index (χ1v) is 8.48. The van der Waals surface area contributed by atoms with E-state index in [-0.39, 0.29) is 12.5 Å². The number of hydrogen-bond acceptors (Lipinski definition) is 5. The van der Waals surface area contributed by atoms with Crippen LogP contribution in [0.5, 0.6) is 5.75 Å². The highest BCUT2D eigenvalue weighted by Crippen LogP contribution is 2.16. The van der Waals surface area contributed by atoms with Crippen LogP contribution >= 0.6 is 11.5 Å². The summed E-state index contributed by atoms with van der Waals surface area (Å²) in [6, 6.07) is 7.32. The molecule has 0 aliphatic carbocycles. The minimum absolute atomic E-state index is 0.0661. The smallest absolute Gasteiger partial charge is 0.308 e. The minimum atomic E-state index is -0.940. The standard InChI is InChI=1S/C17H20N2O4S/c1-3-23-14-6-4-12(5-7-14)8-13(17(21)22)9-18-16(20)15-10-24-19-11(15)2/h4-7,10,13H,3,8-9H2,1-2H3,(H,18,20)(H,21,22). The lowest BCUT2D eigenvalue weighted by Gasteiger charge is -2.14. The van der Waals surface area contributed by atoms with E-state index in [1.54, 1.807) is 12.3 Å². The fourth-order valence-corrected chi connectivity index (χ4v) is 2.93. The Morgan fingerprint density at radius 3 is 2.58 bits per heavy atom. The molecule has 0 bridgehead atoms. The van der Waals surface area contributed by atoms with Gasteiger partial charge in [-0.1, -0.05) is 12.1 Å². The molecule has 128 valence electrons. The van der Waals surface area contributed by atoms with Crippen LogP contribution in [-0.2, 0) is 11.2 Å². The van der Waals surface area contributed by atoms with Crippen LogP contribution in [0.2, 0.25) is 0 Å². The Hall–Kier alpha value is -2.41. The Kier molecular flexibility index (Phi) is 6.31. The summed E-state index contributed by atoms with van der Waals surface area (Å²) in [7, 11) is 0. The number of benzene rings is 1.